The molecular formula is C31H35F4N3O8. The van der Waals surface area contributed by atoms with Gasteiger partial charge in [-0.1, -0.05) is 6.07 Å². The highest BCUT2D eigenvalue weighted by Crippen LogP contribution is 2.35. The molecule has 0 fully saturated rings. The molecule has 11 nitrogen and oxygen atoms in total. The van der Waals surface area contributed by atoms with E-state index in [2.05, 4.69) is 25.1 Å². The number of ether oxygens (including phenoxy) is 4. The van der Waals surface area contributed by atoms with Gasteiger partial charge in [0.05, 0.1) is 19.8 Å². The number of rotatable bonds is 14. The van der Waals surface area contributed by atoms with E-state index in [4.69, 9.17) is 13.9 Å². The number of unbranched alkanes of at least 4 members (excludes halogenated alkanes) is 1. The Kier molecular flexibility index (Phi) is 12.4. The molecule has 0 aliphatic heterocycles. The Balaban J connectivity index is 1.92. The number of benzene rings is 2. The van der Waals surface area contributed by atoms with Gasteiger partial charge in [-0.3, -0.25) is 9.59 Å². The SMILES string of the molecule is COC(=O)CCCCOc1cc(-c2nc(C(=O)NCc3ccc(F)cc3F)c(C(C)NC(=O)OC(C)(C)C)o2)ccc1OC(F)F. The maximum atomic E-state index is 14.2. The lowest BCUT2D eigenvalue weighted by molar-refractivity contribution is -0.140. The third-order valence-corrected chi connectivity index (χ3v) is 6.12. The Morgan fingerprint density at radius 2 is 1.76 bits per heavy atom. The third-order valence-electron chi connectivity index (χ3n) is 6.12. The fourth-order valence-corrected chi connectivity index (χ4v) is 3.99. The number of nitrogens with one attached hydrogen (secondary N) is 2. The molecule has 1 aromatic heterocycles. The maximum Gasteiger partial charge on any atom is 0.408 e. The Bertz CT molecular complexity index is 1520. The molecule has 0 saturated heterocycles. The second kappa shape index (κ2) is 16.0. The van der Waals surface area contributed by atoms with E-state index >= 15 is 0 Å². The van der Waals surface area contributed by atoms with Crippen molar-refractivity contribution in [2.24, 2.45) is 0 Å². The molecule has 0 saturated carbocycles. The molecule has 0 bridgehead atoms. The van der Waals surface area contributed by atoms with Crippen LogP contribution in [0.1, 0.15) is 74.8 Å². The number of amides is 2. The molecule has 3 aromatic rings. The van der Waals surface area contributed by atoms with E-state index in [9.17, 15) is 31.9 Å². The monoisotopic (exact) mass is 653 g/mol. The topological polar surface area (TPSA) is 138 Å². The van der Waals surface area contributed by atoms with Crippen molar-refractivity contribution in [3.05, 3.63) is 65.1 Å². The van der Waals surface area contributed by atoms with Crippen molar-refractivity contribution in [3.8, 4) is 23.0 Å². The number of nitrogens with zero attached hydrogens (tertiary/aromatic N) is 1. The molecule has 250 valence electrons. The number of methoxy groups -OCH3 is 1. The Hall–Kier alpha value is -4.82. The van der Waals surface area contributed by atoms with Gasteiger partial charge in [0.2, 0.25) is 5.89 Å². The molecule has 46 heavy (non-hydrogen) atoms. The summed E-state index contributed by atoms with van der Waals surface area (Å²) in [6.45, 7) is 3.07. The second-order valence-electron chi connectivity index (χ2n) is 10.9. The van der Waals surface area contributed by atoms with Crippen LogP contribution in [0.5, 0.6) is 11.5 Å². The lowest BCUT2D eigenvalue weighted by Crippen LogP contribution is -2.34. The second-order valence-corrected chi connectivity index (χ2v) is 10.9. The first-order chi connectivity index (χ1) is 21.7. The van der Waals surface area contributed by atoms with Gasteiger partial charge in [0.1, 0.15) is 17.2 Å². The number of hydrogen-bond donors (Lipinski definition) is 2. The molecule has 0 radical (unpaired) electrons. The minimum Gasteiger partial charge on any atom is -0.490 e. The maximum absolute atomic E-state index is 14.2. The summed E-state index contributed by atoms with van der Waals surface area (Å²) >= 11 is 0. The van der Waals surface area contributed by atoms with Gasteiger partial charge in [-0.05, 0) is 64.8 Å². The molecule has 0 aliphatic carbocycles. The highest BCUT2D eigenvalue weighted by Gasteiger charge is 2.28. The van der Waals surface area contributed by atoms with Crippen molar-refractivity contribution in [3.63, 3.8) is 0 Å². The van der Waals surface area contributed by atoms with E-state index in [1.54, 1.807) is 20.8 Å². The van der Waals surface area contributed by atoms with Gasteiger partial charge in [0.15, 0.2) is 23.0 Å². The Morgan fingerprint density at radius 3 is 2.41 bits per heavy atom. The molecule has 2 amide bonds. The van der Waals surface area contributed by atoms with Crippen LogP contribution in [0.15, 0.2) is 40.8 Å². The summed E-state index contributed by atoms with van der Waals surface area (Å²) in [5.41, 5.74) is -0.907. The Labute approximate surface area is 262 Å². The van der Waals surface area contributed by atoms with E-state index < -0.39 is 47.9 Å². The molecule has 3 rings (SSSR count). The van der Waals surface area contributed by atoms with E-state index in [1.165, 1.54) is 38.3 Å². The van der Waals surface area contributed by atoms with Crippen LogP contribution < -0.4 is 20.1 Å². The van der Waals surface area contributed by atoms with Crippen molar-refractivity contribution < 1.29 is 55.3 Å². The average molecular weight is 654 g/mol. The first-order valence-electron chi connectivity index (χ1n) is 14.2. The van der Waals surface area contributed by atoms with Crippen LogP contribution in [0.4, 0.5) is 22.4 Å². The zero-order valence-corrected chi connectivity index (χ0v) is 25.9. The molecule has 0 spiro atoms. The normalized spacial score (nSPS) is 12.0. The summed E-state index contributed by atoms with van der Waals surface area (Å²) < 4.78 is 79.7. The molecule has 2 N–H and O–H groups in total. The van der Waals surface area contributed by atoms with Gasteiger partial charge in [-0.25, -0.2) is 18.6 Å². The fraction of sp³-hybridized carbons (Fsp3) is 0.419. The first kappa shape index (κ1) is 35.7. The number of halogens is 4. The minimum atomic E-state index is -3.15. The van der Waals surface area contributed by atoms with Gasteiger partial charge >= 0.3 is 18.7 Å². The predicted octanol–water partition coefficient (Wildman–Crippen LogP) is 6.46. The van der Waals surface area contributed by atoms with E-state index in [0.717, 1.165) is 6.07 Å². The molecule has 2 aromatic carbocycles. The van der Waals surface area contributed by atoms with E-state index in [0.29, 0.717) is 18.9 Å². The predicted molar refractivity (Wildman–Crippen MR) is 155 cm³/mol. The number of alkyl halides is 2. The first-order valence-corrected chi connectivity index (χ1v) is 14.2. The average Bonchev–Trinajstić information content (AvgIpc) is 3.41. The van der Waals surface area contributed by atoms with Crippen molar-refractivity contribution in [2.45, 2.75) is 71.8 Å². The number of carbonyl (C=O) groups is 3. The number of hydrogen-bond acceptors (Lipinski definition) is 9. The van der Waals surface area contributed by atoms with Crippen LogP contribution in [-0.2, 0) is 20.8 Å². The van der Waals surface area contributed by atoms with Gasteiger partial charge in [-0.2, -0.15) is 8.78 Å². The van der Waals surface area contributed by atoms with Crippen LogP contribution in [0.2, 0.25) is 0 Å². The summed E-state index contributed by atoms with van der Waals surface area (Å²) in [6, 6.07) is 5.78. The Morgan fingerprint density at radius 1 is 1.02 bits per heavy atom. The molecule has 1 unspecified atom stereocenters. The van der Waals surface area contributed by atoms with Gasteiger partial charge in [0, 0.05) is 30.2 Å². The number of oxazole rings is 1. The molecule has 1 heterocycles. The zero-order chi connectivity index (χ0) is 34.0. The number of carbonyl (C=O) groups excluding carboxylic acids is 3. The van der Waals surface area contributed by atoms with Crippen molar-refractivity contribution in [2.75, 3.05) is 13.7 Å². The summed E-state index contributed by atoms with van der Waals surface area (Å²) in [6.07, 6.45) is 0.148. The van der Waals surface area contributed by atoms with Gasteiger partial charge in [0.25, 0.3) is 5.91 Å². The van der Waals surface area contributed by atoms with E-state index in [-0.39, 0.29) is 59.5 Å². The summed E-state index contributed by atoms with van der Waals surface area (Å²) in [5.74, 6) is -3.49. The van der Waals surface area contributed by atoms with Gasteiger partial charge in [-0.15, -0.1) is 0 Å². The third kappa shape index (κ3) is 10.7. The number of aromatic nitrogens is 1. The van der Waals surface area contributed by atoms with Crippen LogP contribution in [-0.4, -0.2) is 48.9 Å². The number of alkyl carbamates (subject to hydrolysis) is 1. The smallest absolute Gasteiger partial charge is 0.408 e. The standard InChI is InChI=1S/C31H35F4N3O8/c1-17(37-30(41)46-31(2,3)4)26-25(27(40)36-16-19-9-11-20(32)15-21(19)33)38-28(45-26)18-10-12-22(44-29(34)35)23(14-18)43-13-7-6-8-24(39)42-5/h9-12,14-15,17,29H,6-8,13,16H2,1-5H3,(H,36,40)(H,37,41). The number of esters is 1. The summed E-state index contributed by atoms with van der Waals surface area (Å²) in [4.78, 5) is 41.3. The fourth-order valence-electron chi connectivity index (χ4n) is 3.99. The molecule has 1 atom stereocenters. The van der Waals surface area contributed by atoms with Crippen LogP contribution in [0.3, 0.4) is 0 Å². The molecule has 0 aliphatic rings. The largest absolute Gasteiger partial charge is 0.490 e. The van der Waals surface area contributed by atoms with Crippen LogP contribution in [0, 0.1) is 11.6 Å². The summed E-state index contributed by atoms with van der Waals surface area (Å²) in [5, 5.41) is 5.05. The highest BCUT2D eigenvalue weighted by molar-refractivity contribution is 5.94. The van der Waals surface area contributed by atoms with Crippen molar-refractivity contribution >= 4 is 18.0 Å². The van der Waals surface area contributed by atoms with Crippen LogP contribution in [0.25, 0.3) is 11.5 Å². The highest BCUT2D eigenvalue weighted by atomic mass is 19.3. The minimum absolute atomic E-state index is 0.00272. The summed E-state index contributed by atoms with van der Waals surface area (Å²) in [7, 11) is 1.27. The molecule has 15 heteroatoms. The lowest BCUT2D eigenvalue weighted by atomic mass is 10.1. The van der Waals surface area contributed by atoms with E-state index in [1.807, 2.05) is 0 Å². The quantitative estimate of drug-likeness (QED) is 0.114. The lowest BCUT2D eigenvalue weighted by Gasteiger charge is -2.21. The van der Waals surface area contributed by atoms with Crippen LogP contribution >= 0.6 is 0 Å². The zero-order valence-electron chi connectivity index (χ0n) is 25.9. The van der Waals surface area contributed by atoms with Crippen molar-refractivity contribution in [1.29, 1.82) is 0 Å². The van der Waals surface area contributed by atoms with Crippen molar-refractivity contribution in [1.82, 2.24) is 15.6 Å². The van der Waals surface area contributed by atoms with Gasteiger partial charge < -0.3 is 34.0 Å². The molecular weight excluding hydrogens is 618 g/mol.